The standard InChI is InChI=1S/C22H18FN3O4S/c1-12(27)24-14-7-8-16(17(23)9-14)18-11-31-21(25-18)26-20(29)22(2)10-13-5-3-4-6-15(13)19(28)30-22/h3-9,11H,10H2,1-2H3,(H,24,27)(H,25,26,29)/t22-/m1/s1. The van der Waals surface area contributed by atoms with E-state index in [9.17, 15) is 18.8 Å². The summed E-state index contributed by atoms with van der Waals surface area (Å²) in [7, 11) is 0. The van der Waals surface area contributed by atoms with Crippen molar-refractivity contribution < 1.29 is 23.5 Å². The van der Waals surface area contributed by atoms with E-state index >= 15 is 0 Å². The second-order valence-corrected chi connectivity index (χ2v) is 8.18. The third-order valence-electron chi connectivity index (χ3n) is 4.85. The first-order chi connectivity index (χ1) is 14.7. The summed E-state index contributed by atoms with van der Waals surface area (Å²) in [5.41, 5.74) is 0.700. The molecule has 0 saturated carbocycles. The number of rotatable bonds is 4. The van der Waals surface area contributed by atoms with Gasteiger partial charge in [-0.15, -0.1) is 11.3 Å². The monoisotopic (exact) mass is 439 g/mol. The first-order valence-corrected chi connectivity index (χ1v) is 10.3. The number of carbonyl (C=O) groups is 3. The number of benzene rings is 2. The Kier molecular flexibility index (Phi) is 5.28. The molecule has 1 atom stereocenters. The molecular formula is C22H18FN3O4S. The quantitative estimate of drug-likeness (QED) is 0.599. The summed E-state index contributed by atoms with van der Waals surface area (Å²) < 4.78 is 19.9. The molecule has 0 spiro atoms. The van der Waals surface area contributed by atoms with Crippen molar-refractivity contribution in [2.45, 2.75) is 25.9 Å². The van der Waals surface area contributed by atoms with Crippen LogP contribution >= 0.6 is 11.3 Å². The van der Waals surface area contributed by atoms with E-state index in [0.29, 0.717) is 16.9 Å². The van der Waals surface area contributed by atoms with E-state index in [4.69, 9.17) is 4.74 Å². The highest BCUT2D eigenvalue weighted by atomic mass is 32.1. The van der Waals surface area contributed by atoms with Crippen LogP contribution in [0.3, 0.4) is 0 Å². The van der Waals surface area contributed by atoms with Crippen molar-refractivity contribution in [3.63, 3.8) is 0 Å². The third kappa shape index (κ3) is 4.17. The van der Waals surface area contributed by atoms with Gasteiger partial charge in [0.2, 0.25) is 5.91 Å². The highest BCUT2D eigenvalue weighted by Crippen LogP contribution is 2.32. The van der Waals surface area contributed by atoms with Crippen LogP contribution in [0.5, 0.6) is 0 Å². The maximum absolute atomic E-state index is 14.5. The summed E-state index contributed by atoms with van der Waals surface area (Å²) in [4.78, 5) is 40.6. The fourth-order valence-electron chi connectivity index (χ4n) is 3.35. The molecule has 0 fully saturated rings. The summed E-state index contributed by atoms with van der Waals surface area (Å²) in [5, 5.41) is 7.03. The van der Waals surface area contributed by atoms with Crippen molar-refractivity contribution in [3.05, 3.63) is 64.8 Å². The smallest absolute Gasteiger partial charge is 0.339 e. The van der Waals surface area contributed by atoms with E-state index in [1.165, 1.54) is 19.1 Å². The number of nitrogens with one attached hydrogen (secondary N) is 2. The Morgan fingerprint density at radius 2 is 1.94 bits per heavy atom. The summed E-state index contributed by atoms with van der Waals surface area (Å²) in [5.74, 6) is -1.93. The first kappa shape index (κ1) is 20.7. The van der Waals surface area contributed by atoms with Crippen molar-refractivity contribution in [1.82, 2.24) is 4.98 Å². The van der Waals surface area contributed by atoms with Crippen LogP contribution in [0, 0.1) is 5.82 Å². The highest BCUT2D eigenvalue weighted by Gasteiger charge is 2.42. The Morgan fingerprint density at radius 3 is 2.68 bits per heavy atom. The zero-order valence-corrected chi connectivity index (χ0v) is 17.5. The molecule has 2 amide bonds. The third-order valence-corrected chi connectivity index (χ3v) is 5.61. The second-order valence-electron chi connectivity index (χ2n) is 7.32. The Bertz CT molecular complexity index is 1210. The van der Waals surface area contributed by atoms with Crippen molar-refractivity contribution in [1.29, 1.82) is 0 Å². The number of ether oxygens (including phenoxy) is 1. The lowest BCUT2D eigenvalue weighted by Gasteiger charge is -2.32. The van der Waals surface area contributed by atoms with E-state index in [1.54, 1.807) is 42.6 Å². The molecule has 1 aromatic heterocycles. The number of hydrogen-bond donors (Lipinski definition) is 2. The number of thiazole rings is 1. The molecule has 0 bridgehead atoms. The summed E-state index contributed by atoms with van der Waals surface area (Å²) >= 11 is 1.13. The van der Waals surface area contributed by atoms with E-state index in [1.807, 2.05) is 0 Å². The molecule has 158 valence electrons. The average molecular weight is 439 g/mol. The van der Waals surface area contributed by atoms with Gasteiger partial charge in [-0.25, -0.2) is 14.2 Å². The van der Waals surface area contributed by atoms with Gasteiger partial charge >= 0.3 is 5.97 Å². The molecule has 2 aromatic carbocycles. The van der Waals surface area contributed by atoms with Gasteiger partial charge in [0.1, 0.15) is 5.82 Å². The van der Waals surface area contributed by atoms with Gasteiger partial charge in [-0.1, -0.05) is 18.2 Å². The van der Waals surface area contributed by atoms with Gasteiger partial charge in [0.05, 0.1) is 11.3 Å². The van der Waals surface area contributed by atoms with Gasteiger partial charge in [-0.05, 0) is 36.8 Å². The number of halogens is 1. The number of aromatic nitrogens is 1. The number of anilines is 2. The molecule has 0 aliphatic carbocycles. The van der Waals surface area contributed by atoms with E-state index < -0.39 is 23.3 Å². The van der Waals surface area contributed by atoms with Crippen molar-refractivity contribution in [2.24, 2.45) is 0 Å². The maximum atomic E-state index is 14.5. The minimum atomic E-state index is -1.39. The molecule has 31 heavy (non-hydrogen) atoms. The Morgan fingerprint density at radius 1 is 1.16 bits per heavy atom. The predicted molar refractivity (Wildman–Crippen MR) is 114 cm³/mol. The van der Waals surface area contributed by atoms with Crippen molar-refractivity contribution in [2.75, 3.05) is 10.6 Å². The molecule has 1 aliphatic rings. The molecule has 3 aromatic rings. The largest absolute Gasteiger partial charge is 0.445 e. The average Bonchev–Trinajstić information content (AvgIpc) is 3.15. The van der Waals surface area contributed by atoms with Gasteiger partial charge in [-0.3, -0.25) is 14.9 Å². The lowest BCUT2D eigenvalue weighted by Crippen LogP contribution is -2.48. The normalized spacial score (nSPS) is 17.5. The molecule has 0 saturated heterocycles. The fraction of sp³-hybridized carbons (Fsp3) is 0.182. The number of fused-ring (bicyclic) bond motifs is 1. The van der Waals surface area contributed by atoms with Crippen LogP contribution in [-0.4, -0.2) is 28.4 Å². The lowest BCUT2D eigenvalue weighted by atomic mass is 9.89. The Balaban J connectivity index is 1.51. The van der Waals surface area contributed by atoms with Crippen molar-refractivity contribution in [3.8, 4) is 11.3 Å². The van der Waals surface area contributed by atoms with Crippen LogP contribution in [-0.2, 0) is 20.7 Å². The maximum Gasteiger partial charge on any atom is 0.339 e. The number of cyclic esters (lactones) is 1. The molecule has 4 rings (SSSR count). The number of carbonyl (C=O) groups excluding carboxylic acids is 3. The predicted octanol–water partition coefficient (Wildman–Crippen LogP) is 4.02. The lowest BCUT2D eigenvalue weighted by molar-refractivity contribution is -0.134. The zero-order valence-electron chi connectivity index (χ0n) is 16.7. The van der Waals surface area contributed by atoms with Gasteiger partial charge in [-0.2, -0.15) is 0 Å². The Labute approximate surface area is 181 Å². The number of amides is 2. The number of hydrogen-bond acceptors (Lipinski definition) is 6. The van der Waals surface area contributed by atoms with Gasteiger partial charge in [0.25, 0.3) is 5.91 Å². The number of nitrogens with zero attached hydrogens (tertiary/aromatic N) is 1. The minimum Gasteiger partial charge on any atom is -0.445 e. The van der Waals surface area contributed by atoms with Crippen LogP contribution in [0.1, 0.15) is 29.8 Å². The molecule has 7 nitrogen and oxygen atoms in total. The van der Waals surface area contributed by atoms with Gasteiger partial charge in [0.15, 0.2) is 10.7 Å². The molecular weight excluding hydrogens is 421 g/mol. The van der Waals surface area contributed by atoms with Gasteiger partial charge in [0, 0.05) is 30.0 Å². The summed E-state index contributed by atoms with van der Waals surface area (Å²) in [6, 6.07) is 11.3. The van der Waals surface area contributed by atoms with Crippen LogP contribution in [0.15, 0.2) is 47.8 Å². The first-order valence-electron chi connectivity index (χ1n) is 9.41. The van der Waals surface area contributed by atoms with E-state index in [0.717, 1.165) is 16.9 Å². The summed E-state index contributed by atoms with van der Waals surface area (Å²) in [6.45, 7) is 2.88. The molecule has 2 heterocycles. The van der Waals surface area contributed by atoms with Gasteiger partial charge < -0.3 is 10.1 Å². The topological polar surface area (TPSA) is 97.4 Å². The fourth-order valence-corrected chi connectivity index (χ4v) is 4.05. The molecule has 0 unspecified atom stereocenters. The zero-order chi connectivity index (χ0) is 22.2. The van der Waals surface area contributed by atoms with E-state index in [2.05, 4.69) is 15.6 Å². The highest BCUT2D eigenvalue weighted by molar-refractivity contribution is 7.14. The molecule has 0 radical (unpaired) electrons. The molecule has 2 N–H and O–H groups in total. The van der Waals surface area contributed by atoms with Crippen LogP contribution in [0.25, 0.3) is 11.3 Å². The minimum absolute atomic E-state index is 0.232. The second kappa shape index (κ2) is 7.92. The molecule has 1 aliphatic heterocycles. The van der Waals surface area contributed by atoms with E-state index in [-0.39, 0.29) is 23.0 Å². The number of esters is 1. The van der Waals surface area contributed by atoms with Crippen LogP contribution in [0.4, 0.5) is 15.2 Å². The molecule has 9 heteroatoms. The Hall–Kier alpha value is -3.59. The van der Waals surface area contributed by atoms with Crippen molar-refractivity contribution >= 4 is 39.9 Å². The van der Waals surface area contributed by atoms with Crippen LogP contribution in [0.2, 0.25) is 0 Å². The summed E-state index contributed by atoms with van der Waals surface area (Å²) in [6.07, 6.45) is 0.234. The SMILES string of the molecule is CC(=O)Nc1ccc(-c2csc(NC(=O)[C@@]3(C)Cc4ccccc4C(=O)O3)n2)c(F)c1. The van der Waals surface area contributed by atoms with Crippen LogP contribution < -0.4 is 10.6 Å².